The standard InChI is InChI=1S/C19H25NO.ClH/c1-15(2)21-18-10-7-9-17(14-18)19-11-6-5-8-16(19)12-13-20(3)4;/h5-11,14-15H,12-13H2,1-4H3;1H. The summed E-state index contributed by atoms with van der Waals surface area (Å²) in [6, 6.07) is 17.0. The van der Waals surface area contributed by atoms with Gasteiger partial charge in [-0.2, -0.15) is 0 Å². The smallest absolute Gasteiger partial charge is 0.120 e. The zero-order valence-electron chi connectivity index (χ0n) is 13.9. The Morgan fingerprint density at radius 1 is 1.00 bits per heavy atom. The van der Waals surface area contributed by atoms with Crippen LogP contribution in [0.5, 0.6) is 5.75 Å². The Labute approximate surface area is 140 Å². The van der Waals surface area contributed by atoms with Crippen LogP contribution in [0.4, 0.5) is 0 Å². The van der Waals surface area contributed by atoms with Crippen LogP contribution in [0.15, 0.2) is 48.5 Å². The SMILES string of the molecule is CC(C)Oc1cccc(-c2ccccc2CCN(C)C)c1.Cl. The van der Waals surface area contributed by atoms with Crippen LogP contribution >= 0.6 is 12.4 Å². The molecule has 2 aromatic rings. The molecular formula is C19H26ClNO. The van der Waals surface area contributed by atoms with Gasteiger partial charge in [0.1, 0.15) is 5.75 Å². The van der Waals surface area contributed by atoms with Crippen molar-refractivity contribution in [2.75, 3.05) is 20.6 Å². The van der Waals surface area contributed by atoms with Gasteiger partial charge >= 0.3 is 0 Å². The minimum Gasteiger partial charge on any atom is -0.491 e. The predicted molar refractivity (Wildman–Crippen MR) is 97.1 cm³/mol. The summed E-state index contributed by atoms with van der Waals surface area (Å²) < 4.78 is 5.81. The Kier molecular flexibility index (Phi) is 7.43. The molecule has 0 amide bonds. The lowest BCUT2D eigenvalue weighted by Gasteiger charge is -2.15. The topological polar surface area (TPSA) is 12.5 Å². The maximum Gasteiger partial charge on any atom is 0.120 e. The Hall–Kier alpha value is -1.51. The van der Waals surface area contributed by atoms with Crippen molar-refractivity contribution < 1.29 is 4.74 Å². The fraction of sp³-hybridized carbons (Fsp3) is 0.368. The Balaban J connectivity index is 0.00000242. The van der Waals surface area contributed by atoms with Crippen molar-refractivity contribution >= 4 is 12.4 Å². The first-order valence-electron chi connectivity index (χ1n) is 7.56. The molecule has 0 saturated heterocycles. The van der Waals surface area contributed by atoms with Gasteiger partial charge in [0, 0.05) is 6.54 Å². The zero-order chi connectivity index (χ0) is 15.2. The number of nitrogens with zero attached hydrogens (tertiary/aromatic N) is 1. The van der Waals surface area contributed by atoms with E-state index in [1.807, 2.05) is 6.07 Å². The number of likely N-dealkylation sites (N-methyl/N-ethyl adjacent to an activating group) is 1. The summed E-state index contributed by atoms with van der Waals surface area (Å²) in [7, 11) is 4.22. The van der Waals surface area contributed by atoms with E-state index in [-0.39, 0.29) is 18.5 Å². The molecule has 0 aromatic heterocycles. The number of hydrogen-bond donors (Lipinski definition) is 0. The molecule has 0 radical (unpaired) electrons. The molecule has 0 atom stereocenters. The highest BCUT2D eigenvalue weighted by Gasteiger charge is 2.07. The third-order valence-corrected chi connectivity index (χ3v) is 3.36. The maximum absolute atomic E-state index is 5.81. The van der Waals surface area contributed by atoms with Crippen LogP contribution < -0.4 is 4.74 Å². The molecule has 0 N–H and O–H groups in total. The first-order chi connectivity index (χ1) is 10.1. The lowest BCUT2D eigenvalue weighted by molar-refractivity contribution is 0.242. The second-order valence-electron chi connectivity index (χ2n) is 5.90. The van der Waals surface area contributed by atoms with Crippen LogP contribution in [0, 0.1) is 0 Å². The number of benzene rings is 2. The maximum atomic E-state index is 5.81. The van der Waals surface area contributed by atoms with Gasteiger partial charge in [0.2, 0.25) is 0 Å². The quantitative estimate of drug-likeness (QED) is 0.767. The third-order valence-electron chi connectivity index (χ3n) is 3.36. The van der Waals surface area contributed by atoms with Crippen LogP contribution in [-0.4, -0.2) is 31.6 Å². The molecule has 0 unspecified atom stereocenters. The second kappa shape index (κ2) is 8.82. The summed E-state index contributed by atoms with van der Waals surface area (Å²) in [6.07, 6.45) is 1.25. The number of halogens is 1. The lowest BCUT2D eigenvalue weighted by Crippen LogP contribution is -2.15. The van der Waals surface area contributed by atoms with E-state index in [0.717, 1.165) is 18.7 Å². The van der Waals surface area contributed by atoms with Gasteiger partial charge in [0.05, 0.1) is 6.10 Å². The second-order valence-corrected chi connectivity index (χ2v) is 5.90. The minimum absolute atomic E-state index is 0. The molecular weight excluding hydrogens is 294 g/mol. The van der Waals surface area contributed by atoms with Crippen LogP contribution in [-0.2, 0) is 6.42 Å². The van der Waals surface area contributed by atoms with Gasteiger partial charge in [0.15, 0.2) is 0 Å². The van der Waals surface area contributed by atoms with E-state index in [1.165, 1.54) is 16.7 Å². The van der Waals surface area contributed by atoms with Gasteiger partial charge in [-0.1, -0.05) is 36.4 Å². The fourth-order valence-electron chi connectivity index (χ4n) is 2.37. The summed E-state index contributed by atoms with van der Waals surface area (Å²) in [4.78, 5) is 2.22. The third kappa shape index (κ3) is 5.36. The van der Waals surface area contributed by atoms with Crippen molar-refractivity contribution in [2.24, 2.45) is 0 Å². The van der Waals surface area contributed by atoms with Crippen LogP contribution in [0.2, 0.25) is 0 Å². The van der Waals surface area contributed by atoms with E-state index < -0.39 is 0 Å². The van der Waals surface area contributed by atoms with E-state index in [9.17, 15) is 0 Å². The number of hydrogen-bond acceptors (Lipinski definition) is 2. The molecule has 0 aliphatic rings. The summed E-state index contributed by atoms with van der Waals surface area (Å²) in [5.41, 5.74) is 3.91. The van der Waals surface area contributed by atoms with Crippen molar-refractivity contribution in [3.63, 3.8) is 0 Å². The molecule has 3 heteroatoms. The highest BCUT2D eigenvalue weighted by molar-refractivity contribution is 5.85. The molecule has 2 aromatic carbocycles. The van der Waals surface area contributed by atoms with Crippen LogP contribution in [0.3, 0.4) is 0 Å². The van der Waals surface area contributed by atoms with E-state index in [4.69, 9.17) is 4.74 Å². The van der Waals surface area contributed by atoms with E-state index >= 15 is 0 Å². The predicted octanol–water partition coefficient (Wildman–Crippen LogP) is 4.67. The van der Waals surface area contributed by atoms with E-state index in [2.05, 4.69) is 75.3 Å². The Morgan fingerprint density at radius 3 is 2.41 bits per heavy atom. The molecule has 0 spiro atoms. The summed E-state index contributed by atoms with van der Waals surface area (Å²) in [5.74, 6) is 0.935. The van der Waals surface area contributed by atoms with Crippen molar-refractivity contribution in [1.29, 1.82) is 0 Å². The monoisotopic (exact) mass is 319 g/mol. The molecule has 0 heterocycles. The van der Waals surface area contributed by atoms with Gasteiger partial charge in [-0.25, -0.2) is 0 Å². The lowest BCUT2D eigenvalue weighted by atomic mass is 9.97. The minimum atomic E-state index is 0. The molecule has 2 nitrogen and oxygen atoms in total. The highest BCUT2D eigenvalue weighted by Crippen LogP contribution is 2.27. The van der Waals surface area contributed by atoms with E-state index in [0.29, 0.717) is 0 Å². The van der Waals surface area contributed by atoms with Crippen molar-refractivity contribution in [3.05, 3.63) is 54.1 Å². The van der Waals surface area contributed by atoms with E-state index in [1.54, 1.807) is 0 Å². The molecule has 0 fully saturated rings. The first-order valence-corrected chi connectivity index (χ1v) is 7.56. The Bertz CT molecular complexity index is 581. The molecule has 0 bridgehead atoms. The average molecular weight is 320 g/mol. The van der Waals surface area contributed by atoms with Gasteiger partial charge in [-0.15, -0.1) is 12.4 Å². The normalized spacial score (nSPS) is 10.6. The summed E-state index contributed by atoms with van der Waals surface area (Å²) in [5, 5.41) is 0. The molecule has 22 heavy (non-hydrogen) atoms. The molecule has 2 rings (SSSR count). The summed E-state index contributed by atoms with van der Waals surface area (Å²) >= 11 is 0. The first kappa shape index (κ1) is 18.5. The summed E-state index contributed by atoms with van der Waals surface area (Å²) in [6.45, 7) is 5.16. The van der Waals surface area contributed by atoms with Crippen LogP contribution in [0.25, 0.3) is 11.1 Å². The Morgan fingerprint density at radius 2 is 1.73 bits per heavy atom. The molecule has 0 saturated carbocycles. The number of ether oxygens (including phenoxy) is 1. The largest absolute Gasteiger partial charge is 0.491 e. The van der Waals surface area contributed by atoms with Crippen LogP contribution in [0.1, 0.15) is 19.4 Å². The van der Waals surface area contributed by atoms with Gasteiger partial charge in [-0.3, -0.25) is 0 Å². The zero-order valence-corrected chi connectivity index (χ0v) is 14.7. The van der Waals surface area contributed by atoms with Gasteiger partial charge in [-0.05, 0) is 63.2 Å². The van der Waals surface area contributed by atoms with Gasteiger partial charge < -0.3 is 9.64 Å². The molecule has 0 aliphatic heterocycles. The van der Waals surface area contributed by atoms with Gasteiger partial charge in [0.25, 0.3) is 0 Å². The van der Waals surface area contributed by atoms with Crippen molar-refractivity contribution in [3.8, 4) is 16.9 Å². The molecule has 120 valence electrons. The molecule has 0 aliphatic carbocycles. The van der Waals surface area contributed by atoms with Crippen molar-refractivity contribution in [2.45, 2.75) is 26.4 Å². The van der Waals surface area contributed by atoms with Crippen molar-refractivity contribution in [1.82, 2.24) is 4.90 Å². The average Bonchev–Trinajstić information content (AvgIpc) is 2.45. The fourth-order valence-corrected chi connectivity index (χ4v) is 2.37. The highest BCUT2D eigenvalue weighted by atomic mass is 35.5. The number of rotatable bonds is 6.